The Morgan fingerprint density at radius 1 is 1.24 bits per heavy atom. The lowest BCUT2D eigenvalue weighted by molar-refractivity contribution is -0.120. The fourth-order valence-corrected chi connectivity index (χ4v) is 2.17. The molecule has 0 bridgehead atoms. The number of furan rings is 1. The summed E-state index contributed by atoms with van der Waals surface area (Å²) in [4.78, 5) is 11.9. The number of carbonyl (C=O) groups is 1. The van der Waals surface area contributed by atoms with Gasteiger partial charge in [0, 0.05) is 12.1 Å². The molecular formula is C17H21NO3. The summed E-state index contributed by atoms with van der Waals surface area (Å²) in [5, 5.41) is 2.91. The van der Waals surface area contributed by atoms with Gasteiger partial charge in [-0.15, -0.1) is 0 Å². The molecule has 0 saturated heterocycles. The molecule has 21 heavy (non-hydrogen) atoms. The highest BCUT2D eigenvalue weighted by Crippen LogP contribution is 2.14. The molecule has 0 unspecified atom stereocenters. The number of benzene rings is 1. The molecular weight excluding hydrogens is 266 g/mol. The van der Waals surface area contributed by atoms with Crippen LogP contribution in [0.1, 0.15) is 29.6 Å². The van der Waals surface area contributed by atoms with Crippen LogP contribution in [-0.4, -0.2) is 12.5 Å². The molecule has 1 amide bonds. The second-order valence-corrected chi connectivity index (χ2v) is 4.97. The Hall–Kier alpha value is -2.23. The van der Waals surface area contributed by atoms with Gasteiger partial charge in [-0.05, 0) is 44.5 Å². The van der Waals surface area contributed by atoms with Gasteiger partial charge < -0.3 is 14.5 Å². The Kier molecular flexibility index (Phi) is 5.04. The van der Waals surface area contributed by atoms with Gasteiger partial charge >= 0.3 is 0 Å². The van der Waals surface area contributed by atoms with Crippen molar-refractivity contribution in [2.75, 3.05) is 6.61 Å². The van der Waals surface area contributed by atoms with Gasteiger partial charge in [0.25, 0.3) is 0 Å². The molecule has 0 aliphatic rings. The Balaban J connectivity index is 1.85. The van der Waals surface area contributed by atoms with Crippen molar-refractivity contribution >= 4 is 5.91 Å². The zero-order valence-electron chi connectivity index (χ0n) is 12.7. The summed E-state index contributed by atoms with van der Waals surface area (Å²) in [6.07, 6.45) is 0.363. The Labute approximate surface area is 125 Å². The van der Waals surface area contributed by atoms with Crippen LogP contribution >= 0.6 is 0 Å². The van der Waals surface area contributed by atoms with Crippen LogP contribution in [0.4, 0.5) is 0 Å². The molecule has 0 aliphatic carbocycles. The van der Waals surface area contributed by atoms with Crippen LogP contribution in [-0.2, 0) is 17.8 Å². The number of carbonyl (C=O) groups excluding carboxylic acids is 1. The second kappa shape index (κ2) is 6.97. The average molecular weight is 287 g/mol. The van der Waals surface area contributed by atoms with Crippen molar-refractivity contribution in [1.82, 2.24) is 5.32 Å². The molecule has 1 heterocycles. The third-order valence-corrected chi connectivity index (χ3v) is 3.22. The molecule has 112 valence electrons. The van der Waals surface area contributed by atoms with Crippen molar-refractivity contribution in [2.45, 2.75) is 33.7 Å². The minimum Gasteiger partial charge on any atom is -0.494 e. The predicted octanol–water partition coefficient (Wildman–Crippen LogP) is 3.15. The minimum atomic E-state index is -0.00240. The molecule has 0 saturated carbocycles. The molecule has 2 rings (SSSR count). The zero-order chi connectivity index (χ0) is 15.2. The number of rotatable bonds is 6. The molecule has 0 fully saturated rings. The maximum Gasteiger partial charge on any atom is 0.224 e. The molecule has 2 aromatic rings. The number of ether oxygens (including phenoxy) is 1. The third-order valence-electron chi connectivity index (χ3n) is 3.22. The van der Waals surface area contributed by atoms with Gasteiger partial charge in [0.2, 0.25) is 5.91 Å². The smallest absolute Gasteiger partial charge is 0.224 e. The maximum absolute atomic E-state index is 11.9. The quantitative estimate of drug-likeness (QED) is 0.888. The Morgan fingerprint density at radius 3 is 2.52 bits per heavy atom. The first kappa shape index (κ1) is 15.2. The molecule has 1 aromatic heterocycles. The second-order valence-electron chi connectivity index (χ2n) is 4.97. The lowest BCUT2D eigenvalue weighted by Crippen LogP contribution is -2.24. The average Bonchev–Trinajstić information content (AvgIpc) is 2.77. The third kappa shape index (κ3) is 4.38. The van der Waals surface area contributed by atoms with E-state index in [0.29, 0.717) is 19.6 Å². The Bertz CT molecular complexity index is 599. The van der Waals surface area contributed by atoms with E-state index in [1.165, 1.54) is 0 Å². The largest absolute Gasteiger partial charge is 0.494 e. The summed E-state index contributed by atoms with van der Waals surface area (Å²) in [6.45, 7) is 6.89. The topological polar surface area (TPSA) is 51.5 Å². The van der Waals surface area contributed by atoms with Crippen LogP contribution in [0.25, 0.3) is 0 Å². The maximum atomic E-state index is 11.9. The van der Waals surface area contributed by atoms with Crippen molar-refractivity contribution in [2.24, 2.45) is 0 Å². The fraction of sp³-hybridized carbons (Fsp3) is 0.353. The van der Waals surface area contributed by atoms with E-state index in [1.807, 2.05) is 51.1 Å². The lowest BCUT2D eigenvalue weighted by atomic mass is 10.1. The molecule has 4 heteroatoms. The number of aryl methyl sites for hydroxylation is 2. The van der Waals surface area contributed by atoms with Gasteiger partial charge in [-0.25, -0.2) is 0 Å². The van der Waals surface area contributed by atoms with Gasteiger partial charge in [0.1, 0.15) is 17.3 Å². The van der Waals surface area contributed by atoms with Gasteiger partial charge in [-0.1, -0.05) is 12.1 Å². The summed E-state index contributed by atoms with van der Waals surface area (Å²) >= 11 is 0. The predicted molar refractivity (Wildman–Crippen MR) is 81.3 cm³/mol. The SMILES string of the molecule is CCOc1ccc(CC(=O)NCc2cc(C)oc2C)cc1. The van der Waals surface area contributed by atoms with E-state index in [9.17, 15) is 4.79 Å². The molecule has 0 atom stereocenters. The number of nitrogens with one attached hydrogen (secondary N) is 1. The number of hydrogen-bond donors (Lipinski definition) is 1. The highest BCUT2D eigenvalue weighted by Gasteiger charge is 2.07. The van der Waals surface area contributed by atoms with E-state index in [4.69, 9.17) is 9.15 Å². The van der Waals surface area contributed by atoms with Crippen LogP contribution in [0.5, 0.6) is 5.75 Å². The normalized spacial score (nSPS) is 10.4. The highest BCUT2D eigenvalue weighted by molar-refractivity contribution is 5.78. The van der Waals surface area contributed by atoms with Gasteiger partial charge in [0.05, 0.1) is 13.0 Å². The highest BCUT2D eigenvalue weighted by atomic mass is 16.5. The summed E-state index contributed by atoms with van der Waals surface area (Å²) in [5.41, 5.74) is 1.99. The van der Waals surface area contributed by atoms with E-state index in [0.717, 1.165) is 28.4 Å². The van der Waals surface area contributed by atoms with Crippen molar-refractivity contribution in [1.29, 1.82) is 0 Å². The van der Waals surface area contributed by atoms with E-state index in [-0.39, 0.29) is 5.91 Å². The first-order valence-corrected chi connectivity index (χ1v) is 7.13. The summed E-state index contributed by atoms with van der Waals surface area (Å²) < 4.78 is 10.8. The van der Waals surface area contributed by atoms with Crippen LogP contribution in [0, 0.1) is 13.8 Å². The lowest BCUT2D eigenvalue weighted by Gasteiger charge is -2.06. The van der Waals surface area contributed by atoms with E-state index in [2.05, 4.69) is 5.32 Å². The number of hydrogen-bond acceptors (Lipinski definition) is 3. The van der Waals surface area contributed by atoms with Gasteiger partial charge in [-0.2, -0.15) is 0 Å². The van der Waals surface area contributed by atoms with Crippen molar-refractivity contribution in [3.63, 3.8) is 0 Å². The molecule has 4 nitrogen and oxygen atoms in total. The van der Waals surface area contributed by atoms with Crippen LogP contribution in [0.2, 0.25) is 0 Å². The summed E-state index contributed by atoms with van der Waals surface area (Å²) in [7, 11) is 0. The molecule has 0 spiro atoms. The molecule has 1 N–H and O–H groups in total. The summed E-state index contributed by atoms with van der Waals surface area (Å²) in [5.74, 6) is 2.54. The van der Waals surface area contributed by atoms with E-state index >= 15 is 0 Å². The van der Waals surface area contributed by atoms with Crippen molar-refractivity contribution in [3.8, 4) is 5.75 Å². The fourth-order valence-electron chi connectivity index (χ4n) is 2.17. The van der Waals surface area contributed by atoms with E-state index < -0.39 is 0 Å². The molecule has 1 aromatic carbocycles. The van der Waals surface area contributed by atoms with Gasteiger partial charge in [0.15, 0.2) is 0 Å². The molecule has 0 aliphatic heterocycles. The monoisotopic (exact) mass is 287 g/mol. The minimum absolute atomic E-state index is 0.00240. The van der Waals surface area contributed by atoms with Crippen LogP contribution in [0.15, 0.2) is 34.7 Å². The first-order valence-electron chi connectivity index (χ1n) is 7.13. The molecule has 0 radical (unpaired) electrons. The Morgan fingerprint density at radius 2 is 1.95 bits per heavy atom. The van der Waals surface area contributed by atoms with Crippen LogP contribution in [0.3, 0.4) is 0 Å². The van der Waals surface area contributed by atoms with Crippen molar-refractivity contribution < 1.29 is 13.9 Å². The van der Waals surface area contributed by atoms with Gasteiger partial charge in [-0.3, -0.25) is 4.79 Å². The first-order chi connectivity index (χ1) is 10.1. The van der Waals surface area contributed by atoms with Crippen LogP contribution < -0.4 is 10.1 Å². The van der Waals surface area contributed by atoms with Crippen molar-refractivity contribution in [3.05, 3.63) is 53.0 Å². The summed E-state index contributed by atoms with van der Waals surface area (Å²) in [6, 6.07) is 9.55. The number of amides is 1. The zero-order valence-corrected chi connectivity index (χ0v) is 12.7. The standard InChI is InChI=1S/C17H21NO3/c1-4-20-16-7-5-14(6-8-16)10-17(19)18-11-15-9-12(2)21-13(15)3/h5-9H,4,10-11H2,1-3H3,(H,18,19). The van der Waals surface area contributed by atoms with E-state index in [1.54, 1.807) is 0 Å².